The summed E-state index contributed by atoms with van der Waals surface area (Å²) in [5.74, 6) is -0.222. The zero-order valence-corrected chi connectivity index (χ0v) is 13.6. The maximum absolute atomic E-state index is 11.9. The molecule has 0 aliphatic rings. The van der Waals surface area contributed by atoms with Crippen molar-refractivity contribution in [1.29, 1.82) is 0 Å². The highest BCUT2D eigenvalue weighted by atomic mass is 16.2. The number of nitrogens with one attached hydrogen (secondary N) is 2. The van der Waals surface area contributed by atoms with Crippen LogP contribution in [0.25, 0.3) is 5.69 Å². The van der Waals surface area contributed by atoms with Crippen molar-refractivity contribution in [3.05, 3.63) is 66.5 Å². The van der Waals surface area contributed by atoms with Gasteiger partial charge in [0.1, 0.15) is 6.33 Å². The number of hydrogen-bond donors (Lipinski definition) is 2. The number of amides is 1. The third kappa shape index (κ3) is 4.47. The van der Waals surface area contributed by atoms with Crippen molar-refractivity contribution in [3.8, 4) is 5.69 Å². The fourth-order valence-electron chi connectivity index (χ4n) is 2.14. The summed E-state index contributed by atoms with van der Waals surface area (Å²) in [5, 5.41) is 18.3. The van der Waals surface area contributed by atoms with Crippen molar-refractivity contribution in [2.45, 2.75) is 6.92 Å². The normalized spacial score (nSPS) is 11.2. The third-order valence-corrected chi connectivity index (χ3v) is 3.45. The summed E-state index contributed by atoms with van der Waals surface area (Å²) in [6, 6.07) is 17.1. The molecule has 8 nitrogen and oxygen atoms in total. The van der Waals surface area contributed by atoms with E-state index in [2.05, 4.69) is 31.4 Å². The highest BCUT2D eigenvalue weighted by Crippen LogP contribution is 2.09. The van der Waals surface area contributed by atoms with E-state index < -0.39 is 0 Å². The predicted octanol–water partition coefficient (Wildman–Crippen LogP) is 1.61. The molecule has 2 aromatic carbocycles. The molecule has 0 aliphatic carbocycles. The molecule has 2 N–H and O–H groups in total. The molecule has 0 saturated carbocycles. The standard InChI is InChI=1S/C17H17N7O/c1-13(14-6-5-9-16(10-14)24-12-19-22-23-24)20-21-17(25)11-18-15-7-3-2-4-8-15/h2-10,12,18H,11H2,1H3,(H,21,25)/b20-13-. The Labute approximate surface area is 144 Å². The molecule has 0 unspecified atom stereocenters. The molecular formula is C17H17N7O. The number of nitrogens with zero attached hydrogens (tertiary/aromatic N) is 5. The van der Waals surface area contributed by atoms with Crippen LogP contribution in [0.2, 0.25) is 0 Å². The minimum atomic E-state index is -0.222. The van der Waals surface area contributed by atoms with Gasteiger partial charge in [0.2, 0.25) is 0 Å². The van der Waals surface area contributed by atoms with Gasteiger partial charge >= 0.3 is 0 Å². The summed E-state index contributed by atoms with van der Waals surface area (Å²) >= 11 is 0. The average Bonchev–Trinajstić information content (AvgIpc) is 3.20. The summed E-state index contributed by atoms with van der Waals surface area (Å²) in [6.07, 6.45) is 1.52. The average molecular weight is 335 g/mol. The SMILES string of the molecule is C/C(=N/NC(=O)CNc1ccccc1)c1cccc(-n2cnnn2)c1. The van der Waals surface area contributed by atoms with E-state index in [0.717, 1.165) is 16.9 Å². The Morgan fingerprint density at radius 1 is 1.16 bits per heavy atom. The van der Waals surface area contributed by atoms with Gasteiger partial charge in [0.05, 0.1) is 17.9 Å². The third-order valence-electron chi connectivity index (χ3n) is 3.45. The van der Waals surface area contributed by atoms with Gasteiger partial charge in [0, 0.05) is 5.69 Å². The van der Waals surface area contributed by atoms with Crippen molar-refractivity contribution >= 4 is 17.3 Å². The van der Waals surface area contributed by atoms with Crippen LogP contribution >= 0.6 is 0 Å². The van der Waals surface area contributed by atoms with Crippen LogP contribution < -0.4 is 10.7 Å². The van der Waals surface area contributed by atoms with Crippen molar-refractivity contribution in [2.75, 3.05) is 11.9 Å². The largest absolute Gasteiger partial charge is 0.376 e. The first-order valence-electron chi connectivity index (χ1n) is 7.68. The number of carbonyl (C=O) groups excluding carboxylic acids is 1. The highest BCUT2D eigenvalue weighted by molar-refractivity contribution is 5.99. The van der Waals surface area contributed by atoms with Crippen LogP contribution in [0, 0.1) is 0 Å². The van der Waals surface area contributed by atoms with E-state index in [1.54, 1.807) is 4.68 Å². The monoisotopic (exact) mass is 335 g/mol. The first kappa shape index (κ1) is 16.3. The maximum atomic E-state index is 11.9. The smallest absolute Gasteiger partial charge is 0.259 e. The van der Waals surface area contributed by atoms with Crippen LogP contribution in [0.3, 0.4) is 0 Å². The van der Waals surface area contributed by atoms with Gasteiger partial charge in [-0.15, -0.1) is 5.10 Å². The molecule has 1 heterocycles. The van der Waals surface area contributed by atoms with Gasteiger partial charge in [-0.25, -0.2) is 10.1 Å². The summed E-state index contributed by atoms with van der Waals surface area (Å²) in [6.45, 7) is 1.97. The second-order valence-electron chi connectivity index (χ2n) is 5.26. The quantitative estimate of drug-likeness (QED) is 0.527. The van der Waals surface area contributed by atoms with E-state index in [-0.39, 0.29) is 12.5 Å². The van der Waals surface area contributed by atoms with E-state index in [4.69, 9.17) is 0 Å². The zero-order chi connectivity index (χ0) is 17.5. The molecule has 3 rings (SSSR count). The van der Waals surface area contributed by atoms with Gasteiger partial charge in [0.15, 0.2) is 0 Å². The maximum Gasteiger partial charge on any atom is 0.259 e. The Kier molecular flexibility index (Phi) is 5.10. The predicted molar refractivity (Wildman–Crippen MR) is 94.4 cm³/mol. The van der Waals surface area contributed by atoms with Gasteiger partial charge in [-0.2, -0.15) is 5.10 Å². The van der Waals surface area contributed by atoms with E-state index in [1.807, 2.05) is 61.5 Å². The summed E-state index contributed by atoms with van der Waals surface area (Å²) < 4.78 is 1.55. The Bertz CT molecular complexity index is 860. The van der Waals surface area contributed by atoms with Crippen LogP contribution in [-0.2, 0) is 4.79 Å². The molecule has 25 heavy (non-hydrogen) atoms. The van der Waals surface area contributed by atoms with Gasteiger partial charge in [-0.3, -0.25) is 4.79 Å². The first-order valence-corrected chi connectivity index (χ1v) is 7.68. The summed E-state index contributed by atoms with van der Waals surface area (Å²) in [4.78, 5) is 11.9. The minimum absolute atomic E-state index is 0.144. The lowest BCUT2D eigenvalue weighted by Gasteiger charge is -2.07. The number of anilines is 1. The number of aromatic nitrogens is 4. The van der Waals surface area contributed by atoms with Gasteiger partial charge in [-0.1, -0.05) is 30.3 Å². The molecule has 1 aromatic heterocycles. The van der Waals surface area contributed by atoms with Crippen molar-refractivity contribution in [3.63, 3.8) is 0 Å². The zero-order valence-electron chi connectivity index (χ0n) is 13.6. The molecule has 8 heteroatoms. The molecule has 1 amide bonds. The van der Waals surface area contributed by atoms with E-state index >= 15 is 0 Å². The highest BCUT2D eigenvalue weighted by Gasteiger charge is 2.04. The second kappa shape index (κ2) is 7.82. The van der Waals surface area contributed by atoms with Crippen molar-refractivity contribution in [2.24, 2.45) is 5.10 Å². The van der Waals surface area contributed by atoms with Crippen molar-refractivity contribution in [1.82, 2.24) is 25.6 Å². The second-order valence-corrected chi connectivity index (χ2v) is 5.26. The number of para-hydroxylation sites is 1. The molecule has 0 bridgehead atoms. The molecular weight excluding hydrogens is 318 g/mol. The molecule has 0 aliphatic heterocycles. The first-order chi connectivity index (χ1) is 12.2. The van der Waals surface area contributed by atoms with Crippen LogP contribution in [0.5, 0.6) is 0 Å². The number of hydrogen-bond acceptors (Lipinski definition) is 6. The molecule has 126 valence electrons. The topological polar surface area (TPSA) is 97.1 Å². The lowest BCUT2D eigenvalue weighted by Crippen LogP contribution is -2.26. The van der Waals surface area contributed by atoms with E-state index in [0.29, 0.717) is 5.71 Å². The van der Waals surface area contributed by atoms with Gasteiger partial charge in [-0.05, 0) is 47.2 Å². The van der Waals surface area contributed by atoms with Crippen LogP contribution in [0.15, 0.2) is 66.0 Å². The van der Waals surface area contributed by atoms with E-state index in [9.17, 15) is 4.79 Å². The van der Waals surface area contributed by atoms with Crippen LogP contribution in [0.1, 0.15) is 12.5 Å². The lowest BCUT2D eigenvalue weighted by molar-refractivity contribution is -0.119. The number of benzene rings is 2. The fraction of sp³-hybridized carbons (Fsp3) is 0.118. The summed E-state index contributed by atoms with van der Waals surface area (Å²) in [5.41, 5.74) is 5.79. The summed E-state index contributed by atoms with van der Waals surface area (Å²) in [7, 11) is 0. The van der Waals surface area contributed by atoms with Crippen LogP contribution in [-0.4, -0.2) is 38.4 Å². The minimum Gasteiger partial charge on any atom is -0.376 e. The lowest BCUT2D eigenvalue weighted by atomic mass is 10.1. The molecule has 0 radical (unpaired) electrons. The molecule has 3 aromatic rings. The van der Waals surface area contributed by atoms with Crippen LogP contribution in [0.4, 0.5) is 5.69 Å². The molecule has 0 atom stereocenters. The number of rotatable bonds is 6. The Morgan fingerprint density at radius 2 is 2.00 bits per heavy atom. The number of hydrazone groups is 1. The van der Waals surface area contributed by atoms with Gasteiger partial charge < -0.3 is 5.32 Å². The molecule has 0 saturated heterocycles. The number of carbonyl (C=O) groups is 1. The van der Waals surface area contributed by atoms with Crippen molar-refractivity contribution < 1.29 is 4.79 Å². The molecule has 0 spiro atoms. The number of tetrazole rings is 1. The Morgan fingerprint density at radius 3 is 2.76 bits per heavy atom. The molecule has 0 fully saturated rings. The van der Waals surface area contributed by atoms with E-state index in [1.165, 1.54) is 6.33 Å². The fourth-order valence-corrected chi connectivity index (χ4v) is 2.14. The Hall–Kier alpha value is -3.55. The Balaban J connectivity index is 1.60. The van der Waals surface area contributed by atoms with Gasteiger partial charge in [0.25, 0.3) is 5.91 Å².